The highest BCUT2D eigenvalue weighted by Gasteiger charge is 2.14. The lowest BCUT2D eigenvalue weighted by atomic mass is 9.97. The first-order valence-electron chi connectivity index (χ1n) is 9.45. The highest BCUT2D eigenvalue weighted by atomic mass is 16.2. The summed E-state index contributed by atoms with van der Waals surface area (Å²) in [5, 5.41) is 8.48. The molecular weight excluding hydrogens is 352 g/mol. The lowest BCUT2D eigenvalue weighted by Crippen LogP contribution is -2.25. The Morgan fingerprint density at radius 2 is 1.00 bits per heavy atom. The van der Waals surface area contributed by atoms with Gasteiger partial charge in [0.2, 0.25) is 11.8 Å². The van der Waals surface area contributed by atoms with Crippen LogP contribution in [0.2, 0.25) is 0 Å². The number of carbonyl (C=O) groups excluding carboxylic acids is 2. The first-order chi connectivity index (χ1) is 13.7. The fraction of sp³-hybridized carbons (Fsp3) is 0.273. The van der Waals surface area contributed by atoms with Gasteiger partial charge in [-0.2, -0.15) is 10.2 Å². The second-order valence-corrected chi connectivity index (χ2v) is 6.75. The van der Waals surface area contributed by atoms with Gasteiger partial charge in [0.15, 0.2) is 0 Å². The first kappa shape index (κ1) is 19.5. The zero-order valence-electron chi connectivity index (χ0n) is 15.7. The van der Waals surface area contributed by atoms with E-state index in [0.717, 1.165) is 48.2 Å². The standard InChI is InChI=1S/C22H24N4O2/c27-21(15-17-7-3-1-4-8-17)25-23-19-11-13-20(14-12-19)24-26-22(28)16-18-9-5-2-6-10-18/h1-10H,11-16H2,(H,25,27)(H,26,28). The van der Waals surface area contributed by atoms with E-state index in [4.69, 9.17) is 0 Å². The number of benzene rings is 2. The van der Waals surface area contributed by atoms with Crippen molar-refractivity contribution in [1.82, 2.24) is 10.9 Å². The number of rotatable bonds is 6. The third-order valence-corrected chi connectivity index (χ3v) is 4.50. The van der Waals surface area contributed by atoms with Gasteiger partial charge in [0, 0.05) is 11.4 Å². The summed E-state index contributed by atoms with van der Waals surface area (Å²) in [6, 6.07) is 19.2. The number of hydrazone groups is 2. The molecule has 6 nitrogen and oxygen atoms in total. The van der Waals surface area contributed by atoms with Crippen LogP contribution >= 0.6 is 0 Å². The molecule has 1 aliphatic rings. The van der Waals surface area contributed by atoms with Crippen LogP contribution < -0.4 is 10.9 Å². The van der Waals surface area contributed by atoms with Crippen molar-refractivity contribution in [3.8, 4) is 0 Å². The highest BCUT2D eigenvalue weighted by Crippen LogP contribution is 2.13. The van der Waals surface area contributed by atoms with Crippen LogP contribution in [-0.4, -0.2) is 23.2 Å². The maximum Gasteiger partial charge on any atom is 0.244 e. The van der Waals surface area contributed by atoms with Crippen molar-refractivity contribution < 1.29 is 9.59 Å². The van der Waals surface area contributed by atoms with Gasteiger partial charge in [-0.15, -0.1) is 0 Å². The number of nitrogens with zero attached hydrogens (tertiary/aromatic N) is 2. The fourth-order valence-electron chi connectivity index (χ4n) is 2.98. The molecule has 0 heterocycles. The first-order valence-corrected chi connectivity index (χ1v) is 9.45. The summed E-state index contributed by atoms with van der Waals surface area (Å²) in [7, 11) is 0. The summed E-state index contributed by atoms with van der Waals surface area (Å²) in [5.74, 6) is -0.238. The third kappa shape index (κ3) is 6.46. The number of carbonyl (C=O) groups is 2. The van der Waals surface area contributed by atoms with Crippen molar-refractivity contribution in [2.45, 2.75) is 38.5 Å². The van der Waals surface area contributed by atoms with E-state index in [1.54, 1.807) is 0 Å². The Hall–Kier alpha value is -3.28. The molecule has 0 atom stereocenters. The van der Waals surface area contributed by atoms with Crippen LogP contribution in [0.25, 0.3) is 0 Å². The molecule has 1 saturated carbocycles. The van der Waals surface area contributed by atoms with Crippen LogP contribution in [0.1, 0.15) is 36.8 Å². The fourth-order valence-corrected chi connectivity index (χ4v) is 2.98. The molecule has 28 heavy (non-hydrogen) atoms. The van der Waals surface area contributed by atoms with Crippen LogP contribution in [0.5, 0.6) is 0 Å². The lowest BCUT2D eigenvalue weighted by molar-refractivity contribution is -0.121. The van der Waals surface area contributed by atoms with Gasteiger partial charge in [0.05, 0.1) is 12.8 Å². The molecule has 2 N–H and O–H groups in total. The normalized spacial score (nSPS) is 13.6. The lowest BCUT2D eigenvalue weighted by Gasteiger charge is -2.15. The van der Waals surface area contributed by atoms with Gasteiger partial charge in [-0.05, 0) is 36.8 Å². The number of hydrogen-bond donors (Lipinski definition) is 2. The zero-order chi connectivity index (χ0) is 19.6. The van der Waals surface area contributed by atoms with Gasteiger partial charge in [0.25, 0.3) is 0 Å². The highest BCUT2D eigenvalue weighted by molar-refractivity contribution is 5.99. The predicted molar refractivity (Wildman–Crippen MR) is 110 cm³/mol. The van der Waals surface area contributed by atoms with E-state index < -0.39 is 0 Å². The minimum atomic E-state index is -0.119. The Bertz CT molecular complexity index is 775. The molecule has 0 unspecified atom stereocenters. The molecule has 6 heteroatoms. The van der Waals surface area contributed by atoms with Gasteiger partial charge < -0.3 is 0 Å². The molecule has 0 aliphatic heterocycles. The molecule has 2 amide bonds. The molecule has 144 valence electrons. The SMILES string of the molecule is O=C(Cc1ccccc1)NN=C1CCC(=NNC(=O)Cc2ccccc2)CC1. The van der Waals surface area contributed by atoms with E-state index in [1.165, 1.54) is 0 Å². The van der Waals surface area contributed by atoms with E-state index in [-0.39, 0.29) is 11.8 Å². The zero-order valence-corrected chi connectivity index (χ0v) is 15.7. The third-order valence-electron chi connectivity index (χ3n) is 4.50. The molecule has 2 aromatic rings. The second-order valence-electron chi connectivity index (χ2n) is 6.75. The summed E-state index contributed by atoms with van der Waals surface area (Å²) in [5.41, 5.74) is 9.10. The topological polar surface area (TPSA) is 82.9 Å². The molecule has 0 saturated heterocycles. The summed E-state index contributed by atoms with van der Waals surface area (Å²) in [4.78, 5) is 23.9. The second kappa shape index (κ2) is 10.2. The smallest absolute Gasteiger partial charge is 0.244 e. The van der Waals surface area contributed by atoms with Crippen LogP contribution in [-0.2, 0) is 22.4 Å². The predicted octanol–water partition coefficient (Wildman–Crippen LogP) is 2.99. The minimum absolute atomic E-state index is 0.119. The Balaban J connectivity index is 1.39. The maximum atomic E-state index is 12.0. The monoisotopic (exact) mass is 376 g/mol. The van der Waals surface area contributed by atoms with E-state index >= 15 is 0 Å². The van der Waals surface area contributed by atoms with Gasteiger partial charge >= 0.3 is 0 Å². The summed E-state index contributed by atoms with van der Waals surface area (Å²) < 4.78 is 0. The molecule has 0 bridgehead atoms. The van der Waals surface area contributed by atoms with Crippen LogP contribution in [0.15, 0.2) is 70.9 Å². The number of nitrogens with one attached hydrogen (secondary N) is 2. The summed E-state index contributed by atoms with van der Waals surface area (Å²) >= 11 is 0. The van der Waals surface area contributed by atoms with E-state index in [0.29, 0.717) is 12.8 Å². The van der Waals surface area contributed by atoms with Crippen LogP contribution in [0.3, 0.4) is 0 Å². The molecule has 0 spiro atoms. The molecule has 2 aromatic carbocycles. The Morgan fingerprint density at radius 3 is 1.36 bits per heavy atom. The van der Waals surface area contributed by atoms with Crippen LogP contribution in [0.4, 0.5) is 0 Å². The number of hydrogen-bond acceptors (Lipinski definition) is 4. The number of amides is 2. The minimum Gasteiger partial charge on any atom is -0.273 e. The quantitative estimate of drug-likeness (QED) is 0.760. The summed E-state index contributed by atoms with van der Waals surface area (Å²) in [6.45, 7) is 0. The summed E-state index contributed by atoms with van der Waals surface area (Å²) in [6.07, 6.45) is 3.57. The van der Waals surface area contributed by atoms with Gasteiger partial charge in [-0.1, -0.05) is 60.7 Å². The van der Waals surface area contributed by atoms with Gasteiger partial charge in [-0.3, -0.25) is 9.59 Å². The molecular formula is C22H24N4O2. The largest absolute Gasteiger partial charge is 0.273 e. The van der Waals surface area contributed by atoms with Crippen molar-refractivity contribution in [3.05, 3.63) is 71.8 Å². The van der Waals surface area contributed by atoms with Crippen LogP contribution in [0, 0.1) is 0 Å². The molecule has 0 aromatic heterocycles. The van der Waals surface area contributed by atoms with E-state index in [1.807, 2.05) is 60.7 Å². The molecule has 3 rings (SSSR count). The van der Waals surface area contributed by atoms with Crippen molar-refractivity contribution in [2.75, 3.05) is 0 Å². The Kier molecular flexibility index (Phi) is 7.07. The average molecular weight is 376 g/mol. The van der Waals surface area contributed by atoms with E-state index in [2.05, 4.69) is 21.1 Å². The van der Waals surface area contributed by atoms with Crippen molar-refractivity contribution in [3.63, 3.8) is 0 Å². The maximum absolute atomic E-state index is 12.0. The van der Waals surface area contributed by atoms with Crippen molar-refractivity contribution >= 4 is 23.2 Å². The van der Waals surface area contributed by atoms with Gasteiger partial charge in [-0.25, -0.2) is 10.9 Å². The Labute approximate surface area is 164 Å². The average Bonchev–Trinajstić information content (AvgIpc) is 2.73. The molecule has 1 fully saturated rings. The Morgan fingerprint density at radius 1 is 0.643 bits per heavy atom. The van der Waals surface area contributed by atoms with Crippen molar-refractivity contribution in [2.24, 2.45) is 10.2 Å². The van der Waals surface area contributed by atoms with Crippen molar-refractivity contribution in [1.29, 1.82) is 0 Å². The van der Waals surface area contributed by atoms with Gasteiger partial charge in [0.1, 0.15) is 0 Å². The van der Waals surface area contributed by atoms with E-state index in [9.17, 15) is 9.59 Å². The molecule has 1 aliphatic carbocycles. The molecule has 0 radical (unpaired) electrons.